The number of aromatic nitrogens is 7. The quantitative estimate of drug-likeness (QED) is 0.443. The first-order valence-electron chi connectivity index (χ1n) is 10.5. The number of aromatic amines is 1. The summed E-state index contributed by atoms with van der Waals surface area (Å²) in [4.78, 5) is 9.39. The average Bonchev–Trinajstić information content (AvgIpc) is 3.43. The van der Waals surface area contributed by atoms with Gasteiger partial charge >= 0.3 is 0 Å². The standard InChI is InChI=1S/C24H23N7/c1-3-7-22-26-21-10-6-13-25-24(21)31(22)15-17-11-12-18(16(2)14-17)19-8-4-5-9-20(19)23-27-29-30-28-23/h4-6,8-14H,3,7,15H2,1-2H3,(H,27,28,29,30). The van der Waals surface area contributed by atoms with Crippen LogP contribution < -0.4 is 0 Å². The van der Waals surface area contributed by atoms with Crippen molar-refractivity contribution in [2.24, 2.45) is 0 Å². The summed E-state index contributed by atoms with van der Waals surface area (Å²) in [6, 6.07) is 18.7. The Balaban J connectivity index is 1.53. The Morgan fingerprint density at radius 2 is 1.84 bits per heavy atom. The minimum absolute atomic E-state index is 0.666. The van der Waals surface area contributed by atoms with E-state index in [1.54, 1.807) is 0 Å². The van der Waals surface area contributed by atoms with Crippen LogP contribution in [0.3, 0.4) is 0 Å². The van der Waals surface area contributed by atoms with Gasteiger partial charge in [-0.05, 0) is 58.2 Å². The smallest absolute Gasteiger partial charge is 0.180 e. The maximum Gasteiger partial charge on any atom is 0.180 e. The average molecular weight is 409 g/mol. The monoisotopic (exact) mass is 409 g/mol. The Kier molecular flexibility index (Phi) is 5.00. The number of pyridine rings is 1. The van der Waals surface area contributed by atoms with Gasteiger partial charge in [0.2, 0.25) is 0 Å². The van der Waals surface area contributed by atoms with E-state index in [9.17, 15) is 0 Å². The van der Waals surface area contributed by atoms with E-state index in [1.165, 1.54) is 11.1 Å². The lowest BCUT2D eigenvalue weighted by Crippen LogP contribution is -2.06. The van der Waals surface area contributed by atoms with Crippen molar-refractivity contribution in [1.82, 2.24) is 35.2 Å². The lowest BCUT2D eigenvalue weighted by Gasteiger charge is -2.13. The molecule has 0 aliphatic carbocycles. The van der Waals surface area contributed by atoms with Crippen LogP contribution in [0.15, 0.2) is 60.8 Å². The van der Waals surface area contributed by atoms with E-state index in [4.69, 9.17) is 4.98 Å². The van der Waals surface area contributed by atoms with Gasteiger partial charge in [-0.3, -0.25) is 0 Å². The van der Waals surface area contributed by atoms with E-state index in [-0.39, 0.29) is 0 Å². The Hall–Kier alpha value is -3.87. The SMILES string of the molecule is CCCc1nc2cccnc2n1Cc1ccc(-c2ccccc2-c2nnn[nH]2)c(C)c1. The molecule has 0 unspecified atom stereocenters. The normalized spacial score (nSPS) is 11.3. The van der Waals surface area contributed by atoms with Gasteiger partial charge in [0.1, 0.15) is 11.3 Å². The summed E-state index contributed by atoms with van der Waals surface area (Å²) < 4.78 is 2.24. The number of nitrogens with one attached hydrogen (secondary N) is 1. The second kappa shape index (κ2) is 8.10. The Labute approximate surface area is 180 Å². The first-order chi connectivity index (χ1) is 15.2. The molecule has 5 aromatic rings. The summed E-state index contributed by atoms with van der Waals surface area (Å²) >= 11 is 0. The number of rotatable bonds is 6. The molecule has 0 atom stereocenters. The van der Waals surface area contributed by atoms with Crippen LogP contribution >= 0.6 is 0 Å². The molecule has 0 amide bonds. The maximum absolute atomic E-state index is 4.80. The highest BCUT2D eigenvalue weighted by atomic mass is 15.5. The molecule has 1 N–H and O–H groups in total. The van der Waals surface area contributed by atoms with Crippen molar-refractivity contribution < 1.29 is 0 Å². The van der Waals surface area contributed by atoms with Crippen molar-refractivity contribution in [2.75, 3.05) is 0 Å². The summed E-state index contributed by atoms with van der Waals surface area (Å²) in [5.74, 6) is 1.75. The number of aryl methyl sites for hydroxylation is 2. The van der Waals surface area contributed by atoms with Crippen molar-refractivity contribution >= 4 is 11.2 Å². The van der Waals surface area contributed by atoms with Crippen LogP contribution in [0.25, 0.3) is 33.7 Å². The number of imidazole rings is 1. The van der Waals surface area contributed by atoms with E-state index in [0.29, 0.717) is 5.82 Å². The van der Waals surface area contributed by atoms with Gasteiger partial charge < -0.3 is 4.57 Å². The predicted octanol–water partition coefficient (Wildman–Crippen LogP) is 4.59. The second-order valence-electron chi connectivity index (χ2n) is 7.66. The van der Waals surface area contributed by atoms with Crippen molar-refractivity contribution in [3.8, 4) is 22.5 Å². The van der Waals surface area contributed by atoms with Crippen LogP contribution in [-0.4, -0.2) is 35.2 Å². The van der Waals surface area contributed by atoms with Gasteiger partial charge in [-0.15, -0.1) is 5.10 Å². The van der Waals surface area contributed by atoms with Gasteiger partial charge in [0.15, 0.2) is 11.5 Å². The number of fused-ring (bicyclic) bond motifs is 1. The fourth-order valence-electron chi connectivity index (χ4n) is 4.09. The van der Waals surface area contributed by atoms with Gasteiger partial charge in [-0.1, -0.05) is 49.4 Å². The third kappa shape index (κ3) is 3.59. The molecule has 0 bridgehead atoms. The zero-order valence-corrected chi connectivity index (χ0v) is 17.6. The third-order valence-corrected chi connectivity index (χ3v) is 5.51. The lowest BCUT2D eigenvalue weighted by molar-refractivity contribution is 0.716. The fraction of sp³-hybridized carbons (Fsp3) is 0.208. The predicted molar refractivity (Wildman–Crippen MR) is 120 cm³/mol. The van der Waals surface area contributed by atoms with E-state index >= 15 is 0 Å². The summed E-state index contributed by atoms with van der Waals surface area (Å²) in [6.45, 7) is 5.07. The van der Waals surface area contributed by atoms with Crippen LogP contribution in [0, 0.1) is 6.92 Å². The van der Waals surface area contributed by atoms with Crippen LogP contribution in [0.5, 0.6) is 0 Å². The molecular formula is C24H23N7. The number of H-pyrrole nitrogens is 1. The van der Waals surface area contributed by atoms with Crippen molar-refractivity contribution in [1.29, 1.82) is 0 Å². The van der Waals surface area contributed by atoms with Crippen molar-refractivity contribution in [3.63, 3.8) is 0 Å². The molecule has 2 aromatic carbocycles. The lowest BCUT2D eigenvalue weighted by atomic mass is 9.94. The maximum atomic E-state index is 4.80. The molecule has 0 saturated heterocycles. The fourth-order valence-corrected chi connectivity index (χ4v) is 4.09. The Morgan fingerprint density at radius 3 is 2.61 bits per heavy atom. The van der Waals surface area contributed by atoms with Gasteiger partial charge in [0.25, 0.3) is 0 Å². The Bertz CT molecular complexity index is 1340. The van der Waals surface area contributed by atoms with E-state index in [0.717, 1.165) is 53.1 Å². The van der Waals surface area contributed by atoms with Crippen molar-refractivity contribution in [2.45, 2.75) is 33.2 Å². The highest BCUT2D eigenvalue weighted by molar-refractivity contribution is 5.82. The van der Waals surface area contributed by atoms with Crippen LogP contribution in [0.1, 0.15) is 30.3 Å². The molecule has 7 nitrogen and oxygen atoms in total. The van der Waals surface area contributed by atoms with Gasteiger partial charge in [-0.2, -0.15) is 0 Å². The molecule has 3 aromatic heterocycles. The molecule has 3 heterocycles. The number of nitrogens with zero attached hydrogens (tertiary/aromatic N) is 6. The van der Waals surface area contributed by atoms with Gasteiger partial charge in [0, 0.05) is 18.2 Å². The van der Waals surface area contributed by atoms with Crippen LogP contribution in [-0.2, 0) is 13.0 Å². The third-order valence-electron chi connectivity index (χ3n) is 5.51. The van der Waals surface area contributed by atoms with Crippen LogP contribution in [0.2, 0.25) is 0 Å². The van der Waals surface area contributed by atoms with E-state index in [2.05, 4.69) is 68.3 Å². The van der Waals surface area contributed by atoms with Gasteiger partial charge in [0.05, 0.1) is 6.54 Å². The molecule has 0 saturated carbocycles. The minimum Gasteiger partial charge on any atom is -0.308 e. The highest BCUT2D eigenvalue weighted by Crippen LogP contribution is 2.32. The minimum atomic E-state index is 0.666. The Morgan fingerprint density at radius 1 is 0.968 bits per heavy atom. The molecule has 31 heavy (non-hydrogen) atoms. The molecule has 0 radical (unpaired) electrons. The molecule has 0 fully saturated rings. The zero-order chi connectivity index (χ0) is 21.2. The first-order valence-corrected chi connectivity index (χ1v) is 10.5. The highest BCUT2D eigenvalue weighted by Gasteiger charge is 2.14. The molecular weight excluding hydrogens is 386 g/mol. The van der Waals surface area contributed by atoms with Gasteiger partial charge in [-0.25, -0.2) is 15.1 Å². The largest absolute Gasteiger partial charge is 0.308 e. The number of benzene rings is 2. The summed E-state index contributed by atoms with van der Waals surface area (Å²) in [5, 5.41) is 14.4. The molecule has 0 aliphatic rings. The molecule has 0 aliphatic heterocycles. The van der Waals surface area contributed by atoms with Crippen LogP contribution in [0.4, 0.5) is 0 Å². The molecule has 0 spiro atoms. The summed E-state index contributed by atoms with van der Waals surface area (Å²) in [5.41, 5.74) is 7.57. The topological polar surface area (TPSA) is 85.2 Å². The van der Waals surface area contributed by atoms with E-state index in [1.807, 2.05) is 36.5 Å². The summed E-state index contributed by atoms with van der Waals surface area (Å²) in [6.07, 6.45) is 3.82. The number of hydrogen-bond donors (Lipinski definition) is 1. The van der Waals surface area contributed by atoms with E-state index < -0.39 is 0 Å². The second-order valence-corrected chi connectivity index (χ2v) is 7.66. The molecule has 5 rings (SSSR count). The molecule has 7 heteroatoms. The number of hydrogen-bond acceptors (Lipinski definition) is 5. The van der Waals surface area contributed by atoms with Crippen molar-refractivity contribution in [3.05, 3.63) is 77.7 Å². The summed E-state index contributed by atoms with van der Waals surface area (Å²) in [7, 11) is 0. The molecule has 154 valence electrons. The zero-order valence-electron chi connectivity index (χ0n) is 17.6. The number of tetrazole rings is 1. The first kappa shape index (κ1) is 19.1.